The van der Waals surface area contributed by atoms with Crippen molar-refractivity contribution < 1.29 is 14.3 Å². The Labute approximate surface area is 125 Å². The van der Waals surface area contributed by atoms with Crippen LogP contribution in [0.2, 0.25) is 0 Å². The molecule has 1 saturated heterocycles. The number of carbonyl (C=O) groups is 1. The molecule has 1 unspecified atom stereocenters. The number of nitrogens with zero attached hydrogens (tertiary/aromatic N) is 1. The molecule has 0 radical (unpaired) electrons. The monoisotopic (exact) mass is 294 g/mol. The van der Waals surface area contributed by atoms with Crippen molar-refractivity contribution in [2.45, 2.75) is 25.8 Å². The van der Waals surface area contributed by atoms with Gasteiger partial charge in [0.15, 0.2) is 0 Å². The van der Waals surface area contributed by atoms with Crippen molar-refractivity contribution in [3.05, 3.63) is 35.6 Å². The molecule has 1 aliphatic heterocycles. The summed E-state index contributed by atoms with van der Waals surface area (Å²) in [5.74, 6) is -0.166. The molecule has 1 heterocycles. The number of hydrogen-bond acceptors (Lipinski definition) is 3. The molecule has 1 atom stereocenters. The fourth-order valence-electron chi connectivity index (χ4n) is 2.74. The van der Waals surface area contributed by atoms with Crippen LogP contribution in [0.25, 0.3) is 0 Å². The van der Waals surface area contributed by atoms with E-state index in [2.05, 4.69) is 10.2 Å². The van der Waals surface area contributed by atoms with E-state index in [4.69, 9.17) is 5.11 Å². The van der Waals surface area contributed by atoms with Gasteiger partial charge in [-0.1, -0.05) is 12.1 Å². The first kappa shape index (κ1) is 15.9. The van der Waals surface area contributed by atoms with E-state index in [0.29, 0.717) is 26.1 Å². The average Bonchev–Trinajstić information content (AvgIpc) is 2.48. The highest BCUT2D eigenvalue weighted by molar-refractivity contribution is 5.78. The molecule has 5 heteroatoms. The minimum Gasteiger partial charge on any atom is -0.396 e. The van der Waals surface area contributed by atoms with E-state index >= 15 is 0 Å². The lowest BCUT2D eigenvalue weighted by Crippen LogP contribution is -2.43. The highest BCUT2D eigenvalue weighted by atomic mass is 19.1. The molecule has 0 aliphatic carbocycles. The maximum Gasteiger partial charge on any atom is 0.224 e. The molecule has 2 N–H and O–H groups in total. The van der Waals surface area contributed by atoms with Gasteiger partial charge < -0.3 is 10.4 Å². The fraction of sp³-hybridized carbons (Fsp3) is 0.562. The molecule has 1 amide bonds. The Bertz CT molecular complexity index is 467. The van der Waals surface area contributed by atoms with Crippen molar-refractivity contribution >= 4 is 5.91 Å². The van der Waals surface area contributed by atoms with E-state index in [0.717, 1.165) is 24.9 Å². The molecule has 1 aromatic rings. The Kier molecular flexibility index (Phi) is 6.14. The zero-order valence-electron chi connectivity index (χ0n) is 12.2. The molecule has 0 saturated carbocycles. The third kappa shape index (κ3) is 5.10. The zero-order valence-corrected chi connectivity index (χ0v) is 12.2. The number of rotatable bonds is 6. The van der Waals surface area contributed by atoms with Gasteiger partial charge in [0.2, 0.25) is 5.91 Å². The van der Waals surface area contributed by atoms with Crippen molar-refractivity contribution in [3.8, 4) is 0 Å². The van der Waals surface area contributed by atoms with Crippen molar-refractivity contribution in [2.24, 2.45) is 5.92 Å². The summed E-state index contributed by atoms with van der Waals surface area (Å²) >= 11 is 0. The smallest absolute Gasteiger partial charge is 0.224 e. The third-order valence-electron chi connectivity index (χ3n) is 3.81. The van der Waals surface area contributed by atoms with Gasteiger partial charge in [-0.25, -0.2) is 4.39 Å². The van der Waals surface area contributed by atoms with E-state index in [1.165, 1.54) is 6.07 Å². The molecule has 21 heavy (non-hydrogen) atoms. The lowest BCUT2D eigenvalue weighted by Gasteiger charge is -2.32. The Hall–Kier alpha value is -1.46. The van der Waals surface area contributed by atoms with Crippen LogP contribution >= 0.6 is 0 Å². The van der Waals surface area contributed by atoms with Crippen LogP contribution in [0.5, 0.6) is 0 Å². The van der Waals surface area contributed by atoms with Crippen LogP contribution in [0.3, 0.4) is 0 Å². The van der Waals surface area contributed by atoms with Crippen LogP contribution in [0.4, 0.5) is 4.39 Å². The van der Waals surface area contributed by atoms with Gasteiger partial charge in [-0.3, -0.25) is 9.69 Å². The molecule has 116 valence electrons. The number of aliphatic hydroxyl groups is 1. The first-order valence-electron chi connectivity index (χ1n) is 7.54. The van der Waals surface area contributed by atoms with Gasteiger partial charge in [0.05, 0.1) is 5.92 Å². The molecule has 1 aliphatic rings. The van der Waals surface area contributed by atoms with Crippen LogP contribution in [0, 0.1) is 11.7 Å². The second kappa shape index (κ2) is 8.10. The maximum absolute atomic E-state index is 13.2. The van der Waals surface area contributed by atoms with Crippen LogP contribution in [0.1, 0.15) is 24.8 Å². The average molecular weight is 294 g/mol. The molecule has 0 spiro atoms. The van der Waals surface area contributed by atoms with Crippen molar-refractivity contribution in [1.29, 1.82) is 0 Å². The van der Waals surface area contributed by atoms with Crippen LogP contribution in [-0.2, 0) is 11.3 Å². The molecule has 1 fully saturated rings. The quantitative estimate of drug-likeness (QED) is 0.783. The van der Waals surface area contributed by atoms with Gasteiger partial charge in [0, 0.05) is 26.2 Å². The summed E-state index contributed by atoms with van der Waals surface area (Å²) < 4.78 is 13.2. The summed E-state index contributed by atoms with van der Waals surface area (Å²) in [6.07, 6.45) is 2.46. The predicted molar refractivity (Wildman–Crippen MR) is 79.1 cm³/mol. The van der Waals surface area contributed by atoms with Crippen LogP contribution < -0.4 is 5.32 Å². The standard InChI is InChI=1S/C16H23FN2O2/c17-15-6-1-4-13(10-15)11-19-8-2-5-14(12-19)16(21)18-7-3-9-20/h1,4,6,10,14,20H,2-3,5,7-9,11-12H2,(H,18,21). The van der Waals surface area contributed by atoms with Gasteiger partial charge in [0.1, 0.15) is 5.82 Å². The van der Waals surface area contributed by atoms with E-state index < -0.39 is 0 Å². The number of carbonyl (C=O) groups excluding carboxylic acids is 1. The topological polar surface area (TPSA) is 52.6 Å². The number of piperidine rings is 1. The van der Waals surface area contributed by atoms with E-state index in [1.54, 1.807) is 12.1 Å². The molecular formula is C16H23FN2O2. The molecule has 0 aromatic heterocycles. The number of hydrogen-bond donors (Lipinski definition) is 2. The molecule has 2 rings (SSSR count). The second-order valence-electron chi connectivity index (χ2n) is 5.57. The van der Waals surface area contributed by atoms with Gasteiger partial charge in [-0.05, 0) is 43.5 Å². The number of likely N-dealkylation sites (tertiary alicyclic amines) is 1. The van der Waals surface area contributed by atoms with Crippen molar-refractivity contribution in [2.75, 3.05) is 26.2 Å². The Morgan fingerprint density at radius 3 is 3.10 bits per heavy atom. The highest BCUT2D eigenvalue weighted by Crippen LogP contribution is 2.19. The third-order valence-corrected chi connectivity index (χ3v) is 3.81. The second-order valence-corrected chi connectivity index (χ2v) is 5.57. The summed E-state index contributed by atoms with van der Waals surface area (Å²) in [5.41, 5.74) is 0.941. The summed E-state index contributed by atoms with van der Waals surface area (Å²) in [7, 11) is 0. The predicted octanol–water partition coefficient (Wildman–Crippen LogP) is 1.54. The number of benzene rings is 1. The number of amides is 1. The van der Waals surface area contributed by atoms with Gasteiger partial charge in [-0.2, -0.15) is 0 Å². The minimum absolute atomic E-state index is 0.00833. The molecule has 4 nitrogen and oxygen atoms in total. The highest BCUT2D eigenvalue weighted by Gasteiger charge is 2.25. The zero-order chi connectivity index (χ0) is 15.1. The normalized spacial score (nSPS) is 19.4. The molecular weight excluding hydrogens is 271 g/mol. The number of nitrogens with one attached hydrogen (secondary N) is 1. The SMILES string of the molecule is O=C(NCCCO)C1CCCN(Cc2cccc(F)c2)C1. The first-order valence-corrected chi connectivity index (χ1v) is 7.54. The summed E-state index contributed by atoms with van der Waals surface area (Å²) in [4.78, 5) is 14.2. The van der Waals surface area contributed by atoms with Gasteiger partial charge in [-0.15, -0.1) is 0 Å². The fourth-order valence-corrected chi connectivity index (χ4v) is 2.74. The Balaban J connectivity index is 1.84. The molecule has 1 aromatic carbocycles. The maximum atomic E-state index is 13.2. The first-order chi connectivity index (χ1) is 10.2. The van der Waals surface area contributed by atoms with Gasteiger partial charge >= 0.3 is 0 Å². The largest absolute Gasteiger partial charge is 0.396 e. The van der Waals surface area contributed by atoms with Gasteiger partial charge in [0.25, 0.3) is 0 Å². The van der Waals surface area contributed by atoms with E-state index in [1.807, 2.05) is 6.07 Å². The Morgan fingerprint density at radius 1 is 1.48 bits per heavy atom. The molecule has 0 bridgehead atoms. The number of halogens is 1. The van der Waals surface area contributed by atoms with E-state index in [-0.39, 0.29) is 24.2 Å². The lowest BCUT2D eigenvalue weighted by molar-refractivity contribution is -0.126. The lowest BCUT2D eigenvalue weighted by atomic mass is 9.96. The summed E-state index contributed by atoms with van der Waals surface area (Å²) in [6.45, 7) is 2.95. The van der Waals surface area contributed by atoms with Crippen molar-refractivity contribution in [1.82, 2.24) is 10.2 Å². The van der Waals surface area contributed by atoms with E-state index in [9.17, 15) is 9.18 Å². The summed E-state index contributed by atoms with van der Waals surface area (Å²) in [5, 5.41) is 11.6. The Morgan fingerprint density at radius 2 is 2.33 bits per heavy atom. The number of aliphatic hydroxyl groups excluding tert-OH is 1. The van der Waals surface area contributed by atoms with Crippen molar-refractivity contribution in [3.63, 3.8) is 0 Å². The summed E-state index contributed by atoms with van der Waals surface area (Å²) in [6, 6.07) is 6.61. The minimum atomic E-state index is -0.220. The van der Waals surface area contributed by atoms with Crippen LogP contribution in [-0.4, -0.2) is 42.2 Å². The van der Waals surface area contributed by atoms with Crippen LogP contribution in [0.15, 0.2) is 24.3 Å².